The van der Waals surface area contributed by atoms with E-state index < -0.39 is 49.8 Å². The van der Waals surface area contributed by atoms with Gasteiger partial charge in [-0.25, -0.2) is 0 Å². The predicted octanol–water partition coefficient (Wildman–Crippen LogP) is 4.20. The topological polar surface area (TPSA) is 107 Å². The van der Waals surface area contributed by atoms with E-state index in [0.717, 1.165) is 0 Å². The molecule has 0 aromatic heterocycles. The largest absolute Gasteiger partial charge is 0.348 e. The smallest absolute Gasteiger partial charge is 0.313 e. The summed E-state index contributed by atoms with van der Waals surface area (Å²) in [6.45, 7) is 20.4. The first-order valence-electron chi connectivity index (χ1n) is 11.0. The summed E-state index contributed by atoms with van der Waals surface area (Å²) < 4.78 is 48.3. The van der Waals surface area contributed by atoms with Gasteiger partial charge in [0.05, 0.1) is 0 Å². The lowest BCUT2D eigenvalue weighted by Crippen LogP contribution is -2.67. The van der Waals surface area contributed by atoms with Crippen LogP contribution in [0.15, 0.2) is 24.3 Å². The van der Waals surface area contributed by atoms with Gasteiger partial charge in [-0.2, -0.15) is 0 Å². The minimum atomic E-state index is -2.25. The van der Waals surface area contributed by atoms with Gasteiger partial charge >= 0.3 is 5.53 Å². The highest BCUT2D eigenvalue weighted by molar-refractivity contribution is 7.25. The van der Waals surface area contributed by atoms with Gasteiger partial charge in [-0.3, -0.25) is 14.2 Å². The highest BCUT2D eigenvalue weighted by Crippen LogP contribution is 2.46. The van der Waals surface area contributed by atoms with E-state index in [-0.39, 0.29) is 37.6 Å². The summed E-state index contributed by atoms with van der Waals surface area (Å²) in [4.78, 5) is 25.2. The SMILES string of the molecule is C=C(C)C(=O)C(C)OC(OCC)(P=O)C(OCC)(OC(C)C(=O)C(=C)C)C(OCC)OCC. The number of rotatable bonds is 19. The summed E-state index contributed by atoms with van der Waals surface area (Å²) in [5.41, 5.74) is -1.78. The number of ether oxygens (including phenoxy) is 6. The van der Waals surface area contributed by atoms with Crippen molar-refractivity contribution in [1.29, 1.82) is 0 Å². The van der Waals surface area contributed by atoms with Crippen LogP contribution in [0.3, 0.4) is 0 Å². The number of Topliss-reactive ketones (excluding diaryl/α,β-unsaturated/α-hetero) is 2. The molecule has 4 atom stereocenters. The third-order valence-electron chi connectivity index (χ3n) is 4.47. The predicted molar refractivity (Wildman–Crippen MR) is 124 cm³/mol. The molecule has 0 heterocycles. The Labute approximate surface area is 199 Å². The van der Waals surface area contributed by atoms with Crippen molar-refractivity contribution in [3.05, 3.63) is 24.3 Å². The Balaban J connectivity index is 7.03. The van der Waals surface area contributed by atoms with Crippen LogP contribution in [-0.2, 0) is 42.6 Å². The normalized spacial score (nSPS) is 17.2. The van der Waals surface area contributed by atoms with Crippen molar-refractivity contribution in [1.82, 2.24) is 0 Å². The zero-order valence-electron chi connectivity index (χ0n) is 21.1. The third-order valence-corrected chi connectivity index (χ3v) is 5.26. The first-order chi connectivity index (χ1) is 15.4. The maximum atomic E-state index is 12.8. The summed E-state index contributed by atoms with van der Waals surface area (Å²) in [7, 11) is -0.748. The molecule has 0 saturated carbocycles. The molecule has 0 bridgehead atoms. The summed E-state index contributed by atoms with van der Waals surface area (Å²) in [5.74, 6) is -3.05. The zero-order valence-corrected chi connectivity index (χ0v) is 22.0. The first kappa shape index (κ1) is 31.7. The Morgan fingerprint density at radius 1 is 0.788 bits per heavy atom. The molecule has 0 aliphatic heterocycles. The van der Waals surface area contributed by atoms with E-state index in [9.17, 15) is 14.2 Å². The Hall–Kier alpha value is -1.32. The van der Waals surface area contributed by atoms with Crippen molar-refractivity contribution >= 4 is 20.0 Å². The van der Waals surface area contributed by atoms with E-state index >= 15 is 0 Å². The van der Waals surface area contributed by atoms with Gasteiger partial charge in [-0.15, -0.1) is 0 Å². The molecular formula is C23H39O9P. The second-order valence-corrected chi connectivity index (χ2v) is 8.03. The van der Waals surface area contributed by atoms with Crippen LogP contribution in [0.4, 0.5) is 0 Å². The summed E-state index contributed by atoms with van der Waals surface area (Å²) in [6.07, 6.45) is -3.61. The molecule has 0 radical (unpaired) electrons. The van der Waals surface area contributed by atoms with Crippen LogP contribution >= 0.6 is 8.46 Å². The molecule has 9 nitrogen and oxygen atoms in total. The molecule has 190 valence electrons. The molecule has 0 amide bonds. The van der Waals surface area contributed by atoms with Gasteiger partial charge in [0.2, 0.25) is 14.8 Å². The molecular weight excluding hydrogens is 451 g/mol. The van der Waals surface area contributed by atoms with Gasteiger partial charge in [0.1, 0.15) is 12.2 Å². The highest BCUT2D eigenvalue weighted by Gasteiger charge is 2.66. The molecule has 0 aromatic rings. The number of hydrogen-bond donors (Lipinski definition) is 0. The average molecular weight is 491 g/mol. The second kappa shape index (κ2) is 14.8. The molecule has 0 aliphatic carbocycles. The first-order valence-corrected chi connectivity index (χ1v) is 11.8. The molecule has 0 saturated heterocycles. The van der Waals surface area contributed by atoms with Crippen molar-refractivity contribution in [2.45, 2.75) is 85.2 Å². The fourth-order valence-corrected chi connectivity index (χ4v) is 3.82. The molecule has 0 aliphatic rings. The third kappa shape index (κ3) is 7.86. The molecule has 4 unspecified atom stereocenters. The van der Waals surface area contributed by atoms with Crippen LogP contribution in [0.25, 0.3) is 0 Å². The van der Waals surface area contributed by atoms with Gasteiger partial charge in [-0.1, -0.05) is 13.2 Å². The monoisotopic (exact) mass is 490 g/mol. The Kier molecular flexibility index (Phi) is 14.2. The molecule has 0 spiro atoms. The lowest BCUT2D eigenvalue weighted by atomic mass is 10.1. The average Bonchev–Trinajstić information content (AvgIpc) is 2.76. The minimum absolute atomic E-state index is 0.00477. The molecule has 0 aromatic carbocycles. The van der Waals surface area contributed by atoms with Crippen molar-refractivity contribution in [2.24, 2.45) is 0 Å². The lowest BCUT2D eigenvalue weighted by Gasteiger charge is -2.48. The van der Waals surface area contributed by atoms with Gasteiger partial charge in [0, 0.05) is 26.4 Å². The maximum Gasteiger partial charge on any atom is 0.313 e. The Morgan fingerprint density at radius 2 is 1.21 bits per heavy atom. The van der Waals surface area contributed by atoms with Crippen LogP contribution in [0, 0.1) is 0 Å². The molecule has 0 N–H and O–H groups in total. The lowest BCUT2D eigenvalue weighted by molar-refractivity contribution is -0.441. The summed E-state index contributed by atoms with van der Waals surface area (Å²) >= 11 is 0. The van der Waals surface area contributed by atoms with Crippen LogP contribution in [0.2, 0.25) is 0 Å². The van der Waals surface area contributed by atoms with Crippen molar-refractivity contribution in [3.8, 4) is 0 Å². The van der Waals surface area contributed by atoms with Crippen LogP contribution in [0.5, 0.6) is 0 Å². The standard InChI is InChI=1S/C23H39O9P/c1-11-27-21(28-12-2)22(29-13-3,31-17(9)19(24)15(5)6)23(33-26,30-14-4)32-18(10)20(25)16(7)8/h17-18,21H,5,7,11-14H2,1-4,6,8-10H3. The minimum Gasteiger partial charge on any atom is -0.348 e. The van der Waals surface area contributed by atoms with E-state index in [2.05, 4.69) is 13.2 Å². The quantitative estimate of drug-likeness (QED) is 0.150. The van der Waals surface area contributed by atoms with E-state index in [1.54, 1.807) is 34.6 Å². The molecule has 10 heteroatoms. The number of hydrogen-bond acceptors (Lipinski definition) is 9. The van der Waals surface area contributed by atoms with Crippen LogP contribution in [-0.4, -0.2) is 67.8 Å². The van der Waals surface area contributed by atoms with Gasteiger partial charge in [0.25, 0.3) is 5.79 Å². The summed E-state index contributed by atoms with van der Waals surface area (Å²) in [5, 5.41) is 0. The van der Waals surface area contributed by atoms with Crippen LogP contribution < -0.4 is 0 Å². The Morgan fingerprint density at radius 3 is 1.55 bits per heavy atom. The van der Waals surface area contributed by atoms with Crippen molar-refractivity contribution in [3.63, 3.8) is 0 Å². The number of carbonyl (C=O) groups excluding carboxylic acids is 2. The van der Waals surface area contributed by atoms with Crippen molar-refractivity contribution in [2.75, 3.05) is 26.4 Å². The molecule has 0 fully saturated rings. The van der Waals surface area contributed by atoms with E-state index in [1.165, 1.54) is 20.8 Å². The fourth-order valence-electron chi connectivity index (χ4n) is 3.08. The van der Waals surface area contributed by atoms with Crippen molar-refractivity contribution < 1.29 is 42.6 Å². The fraction of sp³-hybridized carbons (Fsp3) is 0.739. The molecule has 33 heavy (non-hydrogen) atoms. The molecule has 0 rings (SSSR count). The Bertz CT molecular complexity index is 689. The van der Waals surface area contributed by atoms with Gasteiger partial charge in [-0.05, 0) is 66.5 Å². The number of carbonyl (C=O) groups is 2. The van der Waals surface area contributed by atoms with E-state index in [0.29, 0.717) is 0 Å². The van der Waals surface area contributed by atoms with E-state index in [4.69, 9.17) is 28.4 Å². The van der Waals surface area contributed by atoms with Crippen LogP contribution in [0.1, 0.15) is 55.4 Å². The van der Waals surface area contributed by atoms with E-state index in [1.807, 2.05) is 0 Å². The van der Waals surface area contributed by atoms with Gasteiger partial charge in [0.15, 0.2) is 11.6 Å². The second-order valence-electron chi connectivity index (χ2n) is 7.26. The zero-order chi connectivity index (χ0) is 25.8. The summed E-state index contributed by atoms with van der Waals surface area (Å²) in [6, 6.07) is 0. The van der Waals surface area contributed by atoms with Gasteiger partial charge < -0.3 is 28.4 Å². The highest BCUT2D eigenvalue weighted by atomic mass is 31.1. The maximum absolute atomic E-state index is 12.8. The number of ketones is 2.